The van der Waals surface area contributed by atoms with Crippen molar-refractivity contribution in [2.75, 3.05) is 12.3 Å². The van der Waals surface area contributed by atoms with E-state index in [4.69, 9.17) is 35.9 Å². The van der Waals surface area contributed by atoms with E-state index in [1.807, 2.05) is 0 Å². The van der Waals surface area contributed by atoms with Crippen LogP contribution in [0.5, 0.6) is 5.75 Å². The quantitative estimate of drug-likeness (QED) is 0.186. The Morgan fingerprint density at radius 1 is 1.29 bits per heavy atom. The topological polar surface area (TPSA) is 173 Å². The second kappa shape index (κ2) is 11.1. The highest BCUT2D eigenvalue weighted by atomic mass is 35.5. The molecule has 0 spiro atoms. The molecule has 1 aliphatic heterocycles. The largest absolute Gasteiger partial charge is 0.462 e. The van der Waals surface area contributed by atoms with Crippen molar-refractivity contribution in [2.24, 2.45) is 0 Å². The average molecular weight is 569 g/mol. The number of fused-ring (bicyclic) bond motifs is 1. The standard InChI is InChI=1S/C23H30ClN6O7P/c1-13(2)35-21(32)14(3)29-38(33,37-15-8-6-5-7-9-15)34-10-16-18(31)23(4,24)22(36-16)30-12-28-17-19(25)26-11-27-20(17)30/h5-9,11-14,16,18,22,31H,10H2,1-4H3,(H,29,33)(H2,25,26,27)/t14-,16-,18-,22-,23-,38+/m1/s1. The fraction of sp³-hybridized carbons (Fsp3) is 0.478. The fourth-order valence-electron chi connectivity index (χ4n) is 3.90. The second-order valence-corrected chi connectivity index (χ2v) is 11.7. The van der Waals surface area contributed by atoms with Crippen LogP contribution < -0.4 is 15.3 Å². The maximum Gasteiger partial charge on any atom is 0.459 e. The van der Waals surface area contributed by atoms with E-state index in [1.165, 1.54) is 24.1 Å². The molecule has 6 atom stereocenters. The Morgan fingerprint density at radius 3 is 2.68 bits per heavy atom. The highest BCUT2D eigenvalue weighted by Crippen LogP contribution is 2.48. The van der Waals surface area contributed by atoms with E-state index in [1.54, 1.807) is 51.1 Å². The molecule has 4 N–H and O–H groups in total. The number of hydrogen-bond acceptors (Lipinski definition) is 11. The Balaban J connectivity index is 1.54. The molecule has 13 nitrogen and oxygen atoms in total. The van der Waals surface area contributed by atoms with Gasteiger partial charge in [-0.25, -0.2) is 19.5 Å². The minimum atomic E-state index is -4.18. The van der Waals surface area contributed by atoms with Crippen LogP contribution in [0.2, 0.25) is 0 Å². The zero-order valence-electron chi connectivity index (χ0n) is 21.2. The van der Waals surface area contributed by atoms with Crippen LogP contribution in [0.1, 0.15) is 33.9 Å². The van der Waals surface area contributed by atoms with Crippen molar-refractivity contribution in [2.45, 2.75) is 63.2 Å². The van der Waals surface area contributed by atoms with Gasteiger partial charge in [-0.15, -0.1) is 11.6 Å². The van der Waals surface area contributed by atoms with Crippen LogP contribution >= 0.6 is 19.3 Å². The summed E-state index contributed by atoms with van der Waals surface area (Å²) in [5.74, 6) is -0.221. The van der Waals surface area contributed by atoms with E-state index in [-0.39, 0.29) is 17.7 Å². The summed E-state index contributed by atoms with van der Waals surface area (Å²) in [6.07, 6.45) is -0.895. The molecule has 206 valence electrons. The van der Waals surface area contributed by atoms with Gasteiger partial charge in [-0.1, -0.05) is 18.2 Å². The summed E-state index contributed by atoms with van der Waals surface area (Å²) in [6.45, 7) is 6.06. The lowest BCUT2D eigenvalue weighted by molar-refractivity contribution is -0.149. The summed E-state index contributed by atoms with van der Waals surface area (Å²) < 4.78 is 37.8. The van der Waals surface area contributed by atoms with Crippen molar-refractivity contribution in [3.05, 3.63) is 43.0 Å². The highest BCUT2D eigenvalue weighted by Gasteiger charge is 2.54. The van der Waals surface area contributed by atoms with E-state index in [0.29, 0.717) is 11.2 Å². The number of anilines is 1. The van der Waals surface area contributed by atoms with Gasteiger partial charge in [-0.2, -0.15) is 5.09 Å². The van der Waals surface area contributed by atoms with Gasteiger partial charge in [0.2, 0.25) is 0 Å². The molecule has 15 heteroatoms. The number of ether oxygens (including phenoxy) is 2. The molecule has 3 aromatic rings. The molecule has 4 rings (SSSR count). The van der Waals surface area contributed by atoms with Gasteiger partial charge >= 0.3 is 13.7 Å². The Bertz CT molecular complexity index is 1320. The highest BCUT2D eigenvalue weighted by molar-refractivity contribution is 7.52. The van der Waals surface area contributed by atoms with Crippen LogP contribution in [0.25, 0.3) is 11.2 Å². The first-order chi connectivity index (χ1) is 17.9. The van der Waals surface area contributed by atoms with Crippen molar-refractivity contribution >= 4 is 42.3 Å². The van der Waals surface area contributed by atoms with Gasteiger partial charge in [0.1, 0.15) is 40.7 Å². The second-order valence-electron chi connectivity index (χ2n) is 9.24. The third kappa shape index (κ3) is 5.93. The predicted octanol–water partition coefficient (Wildman–Crippen LogP) is 2.80. The van der Waals surface area contributed by atoms with E-state index in [9.17, 15) is 14.5 Å². The Kier molecular flexibility index (Phi) is 8.26. The maximum absolute atomic E-state index is 13.8. The van der Waals surface area contributed by atoms with Crippen molar-refractivity contribution in [3.63, 3.8) is 0 Å². The van der Waals surface area contributed by atoms with E-state index in [2.05, 4.69) is 20.0 Å². The predicted molar refractivity (Wildman–Crippen MR) is 138 cm³/mol. The number of aromatic nitrogens is 4. The SMILES string of the molecule is CC(C)OC(=O)[C@@H](C)N[P@](=O)(OC[C@H]1O[C@@H](n2cnc3c(N)ncnc32)[C@](C)(Cl)[C@@H]1O)Oc1ccccc1. The number of nitrogen functional groups attached to an aromatic ring is 1. The lowest BCUT2D eigenvalue weighted by atomic mass is 10.0. The molecule has 0 radical (unpaired) electrons. The minimum Gasteiger partial charge on any atom is -0.462 e. The molecule has 0 amide bonds. The summed E-state index contributed by atoms with van der Waals surface area (Å²) in [4.78, 5) is 23.4. The number of aliphatic hydroxyl groups excluding tert-OH is 1. The van der Waals surface area contributed by atoms with Gasteiger partial charge < -0.3 is 24.8 Å². The van der Waals surface area contributed by atoms with Crippen molar-refractivity contribution in [3.8, 4) is 5.75 Å². The smallest absolute Gasteiger partial charge is 0.459 e. The zero-order valence-corrected chi connectivity index (χ0v) is 22.9. The van der Waals surface area contributed by atoms with Crippen LogP contribution in [0.4, 0.5) is 5.82 Å². The van der Waals surface area contributed by atoms with Gasteiger partial charge in [0.05, 0.1) is 19.0 Å². The molecule has 1 saturated heterocycles. The van der Waals surface area contributed by atoms with Crippen molar-refractivity contribution in [1.29, 1.82) is 0 Å². The zero-order chi connectivity index (χ0) is 27.7. The number of carbonyl (C=O) groups excluding carboxylic acids is 1. The molecule has 1 aromatic carbocycles. The number of nitrogens with zero attached hydrogens (tertiary/aromatic N) is 4. The summed E-state index contributed by atoms with van der Waals surface area (Å²) in [7, 11) is -4.18. The van der Waals surface area contributed by atoms with Gasteiger partial charge in [0.15, 0.2) is 17.7 Å². The van der Waals surface area contributed by atoms with Crippen molar-refractivity contribution in [1.82, 2.24) is 24.6 Å². The molecular formula is C23H30ClN6O7P. The summed E-state index contributed by atoms with van der Waals surface area (Å²) in [6, 6.07) is 7.27. The van der Waals surface area contributed by atoms with Crippen molar-refractivity contribution < 1.29 is 33.0 Å². The molecule has 0 bridgehead atoms. The normalized spacial score (nSPS) is 25.8. The molecule has 38 heavy (non-hydrogen) atoms. The maximum atomic E-state index is 13.8. The number of hydrogen-bond donors (Lipinski definition) is 3. The summed E-state index contributed by atoms with van der Waals surface area (Å²) in [5.41, 5.74) is 6.60. The van der Waals surface area contributed by atoms with Crippen LogP contribution in [-0.2, 0) is 23.4 Å². The first-order valence-electron chi connectivity index (χ1n) is 11.8. The molecule has 1 aliphatic rings. The number of rotatable bonds is 10. The summed E-state index contributed by atoms with van der Waals surface area (Å²) >= 11 is 6.73. The minimum absolute atomic E-state index is 0.179. The fourth-order valence-corrected chi connectivity index (χ4v) is 5.70. The van der Waals surface area contributed by atoms with Gasteiger partial charge in [0, 0.05) is 0 Å². The number of nitrogens with one attached hydrogen (secondary N) is 1. The number of aliphatic hydroxyl groups is 1. The third-order valence-corrected chi connectivity index (χ3v) is 7.85. The van der Waals surface area contributed by atoms with E-state index < -0.39 is 49.7 Å². The number of esters is 1. The number of halogens is 1. The van der Waals surface area contributed by atoms with Crippen LogP contribution in [0.3, 0.4) is 0 Å². The number of imidazole rings is 1. The lowest BCUT2D eigenvalue weighted by Crippen LogP contribution is -2.40. The number of carbonyl (C=O) groups is 1. The van der Waals surface area contributed by atoms with Gasteiger partial charge in [-0.05, 0) is 39.8 Å². The Morgan fingerprint density at radius 2 is 2.00 bits per heavy atom. The first kappa shape index (κ1) is 28.2. The molecule has 0 aliphatic carbocycles. The molecule has 3 heterocycles. The van der Waals surface area contributed by atoms with E-state index in [0.717, 1.165) is 0 Å². The van der Waals surface area contributed by atoms with Gasteiger partial charge in [-0.3, -0.25) is 13.9 Å². The average Bonchev–Trinajstić information content (AvgIpc) is 3.37. The molecule has 2 aromatic heterocycles. The molecule has 0 unspecified atom stereocenters. The molecule has 1 fully saturated rings. The Labute approximate surface area is 224 Å². The Hall–Kier alpha value is -2.80. The monoisotopic (exact) mass is 568 g/mol. The number of nitrogens with two attached hydrogens (primary N) is 1. The van der Waals surface area contributed by atoms with Gasteiger partial charge in [0.25, 0.3) is 0 Å². The number of alkyl halides is 1. The molecule has 0 saturated carbocycles. The van der Waals surface area contributed by atoms with E-state index >= 15 is 0 Å². The first-order valence-corrected chi connectivity index (χ1v) is 13.8. The summed E-state index contributed by atoms with van der Waals surface area (Å²) in [5, 5.41) is 13.6. The van der Waals surface area contributed by atoms with Crippen LogP contribution in [0, 0.1) is 0 Å². The third-order valence-electron chi connectivity index (χ3n) is 5.79. The lowest BCUT2D eigenvalue weighted by Gasteiger charge is -2.26. The number of para-hydroxylation sites is 1. The molecular weight excluding hydrogens is 539 g/mol. The number of benzene rings is 1. The van der Waals surface area contributed by atoms with Crippen LogP contribution in [0.15, 0.2) is 43.0 Å². The van der Waals surface area contributed by atoms with Crippen LogP contribution in [-0.4, -0.2) is 66.4 Å².